The van der Waals surface area contributed by atoms with E-state index in [2.05, 4.69) is 15.3 Å². The van der Waals surface area contributed by atoms with Gasteiger partial charge in [0.2, 0.25) is 11.8 Å². The molecule has 1 aliphatic carbocycles. The van der Waals surface area contributed by atoms with E-state index >= 15 is 0 Å². The van der Waals surface area contributed by atoms with Crippen LogP contribution < -0.4 is 0 Å². The fraction of sp³-hybridized carbons (Fsp3) is 0.450. The van der Waals surface area contributed by atoms with E-state index < -0.39 is 6.30 Å². The van der Waals surface area contributed by atoms with Gasteiger partial charge >= 0.3 is 6.30 Å². The first-order chi connectivity index (χ1) is 13.4. The number of hydrogen-bond acceptors (Lipinski definition) is 4. The lowest BCUT2D eigenvalue weighted by molar-refractivity contribution is -0.211. The summed E-state index contributed by atoms with van der Waals surface area (Å²) in [5, 5.41) is 11.9. The number of alkyl halides is 3. The van der Waals surface area contributed by atoms with Crippen molar-refractivity contribution in [3.05, 3.63) is 53.4 Å². The van der Waals surface area contributed by atoms with Crippen molar-refractivity contribution >= 4 is 0 Å². The van der Waals surface area contributed by atoms with Gasteiger partial charge in [0.05, 0.1) is 17.8 Å². The van der Waals surface area contributed by atoms with Crippen molar-refractivity contribution in [1.29, 1.82) is 0 Å². The number of benzene rings is 1. The van der Waals surface area contributed by atoms with Gasteiger partial charge in [-0.15, -0.1) is 23.4 Å². The highest BCUT2D eigenvalue weighted by atomic mass is 19.4. The quantitative estimate of drug-likeness (QED) is 0.602. The average Bonchev–Trinajstić information content (AvgIpc) is 3.29. The molecule has 4 rings (SSSR count). The maximum Gasteiger partial charge on any atom is 0.505 e. The summed E-state index contributed by atoms with van der Waals surface area (Å²) < 4.78 is 46.1. The molecule has 8 heteroatoms. The van der Waals surface area contributed by atoms with E-state index in [0.717, 1.165) is 25.7 Å². The van der Waals surface area contributed by atoms with Crippen molar-refractivity contribution in [3.8, 4) is 11.3 Å². The topological polar surface area (TPSA) is 56.7 Å². The van der Waals surface area contributed by atoms with Gasteiger partial charge in [-0.05, 0) is 31.4 Å². The lowest BCUT2D eigenvalue weighted by Crippen LogP contribution is -2.19. The minimum absolute atomic E-state index is 0.00705. The molecule has 2 heterocycles. The van der Waals surface area contributed by atoms with Crippen LogP contribution in [0.25, 0.3) is 11.3 Å². The van der Waals surface area contributed by atoms with Crippen molar-refractivity contribution in [1.82, 2.24) is 20.0 Å². The summed E-state index contributed by atoms with van der Waals surface area (Å²) in [7, 11) is 0. The van der Waals surface area contributed by atoms with Crippen LogP contribution in [0.3, 0.4) is 0 Å². The minimum Gasteiger partial charge on any atom is -0.425 e. The molecule has 1 saturated carbocycles. The monoisotopic (exact) mass is 390 g/mol. The first kappa shape index (κ1) is 18.7. The van der Waals surface area contributed by atoms with E-state index in [4.69, 9.17) is 4.42 Å². The second kappa shape index (κ2) is 7.41. The van der Waals surface area contributed by atoms with Crippen molar-refractivity contribution in [3.63, 3.8) is 0 Å². The molecule has 1 aromatic carbocycles. The molecule has 0 unspecified atom stereocenters. The average molecular weight is 390 g/mol. The third-order valence-electron chi connectivity index (χ3n) is 5.14. The van der Waals surface area contributed by atoms with Crippen LogP contribution in [0, 0.1) is 6.92 Å². The van der Waals surface area contributed by atoms with Crippen molar-refractivity contribution < 1.29 is 17.6 Å². The molecule has 1 aliphatic rings. The molecule has 1 fully saturated rings. The van der Waals surface area contributed by atoms with E-state index in [1.165, 1.54) is 12.5 Å². The zero-order chi connectivity index (χ0) is 19.7. The van der Waals surface area contributed by atoms with Gasteiger partial charge in [-0.25, -0.2) is 0 Å². The first-order valence-corrected chi connectivity index (χ1v) is 9.46. The van der Waals surface area contributed by atoms with Gasteiger partial charge in [-0.1, -0.05) is 43.5 Å². The van der Waals surface area contributed by atoms with Gasteiger partial charge in [0, 0.05) is 11.5 Å². The van der Waals surface area contributed by atoms with Gasteiger partial charge in [0.1, 0.15) is 0 Å². The third kappa shape index (κ3) is 3.81. The lowest BCUT2D eigenvalue weighted by Gasteiger charge is -2.17. The summed E-state index contributed by atoms with van der Waals surface area (Å²) in [5.74, 6) is 1.35. The molecule has 0 aliphatic heterocycles. The Hall–Kier alpha value is -2.64. The second-order valence-corrected chi connectivity index (χ2v) is 7.25. The van der Waals surface area contributed by atoms with Gasteiger partial charge in [-0.3, -0.25) is 0 Å². The molecule has 0 radical (unpaired) electrons. The number of hydrogen-bond donors (Lipinski definition) is 0. The molecular weight excluding hydrogens is 369 g/mol. The molecule has 5 nitrogen and oxygen atoms in total. The summed E-state index contributed by atoms with van der Waals surface area (Å²) in [6.07, 6.45) is 1.33. The second-order valence-electron chi connectivity index (χ2n) is 7.25. The molecule has 0 amide bonds. The summed E-state index contributed by atoms with van der Waals surface area (Å²) in [6, 6.07) is 8.38. The van der Waals surface area contributed by atoms with Crippen molar-refractivity contribution in [2.24, 2.45) is 0 Å². The Morgan fingerprint density at radius 1 is 1.11 bits per heavy atom. The van der Waals surface area contributed by atoms with Crippen LogP contribution in [0.1, 0.15) is 61.1 Å². The molecule has 0 spiro atoms. The fourth-order valence-corrected chi connectivity index (χ4v) is 3.82. The Bertz CT molecular complexity index is 955. The Labute approximate surface area is 160 Å². The van der Waals surface area contributed by atoms with Crippen LogP contribution in [0.4, 0.5) is 13.2 Å². The SMILES string of the molecule is Cc1cc(-c2ccccc2Cc2nnc(C3CCCCC3)o2)n(C(F)(F)F)n1. The molecule has 0 saturated heterocycles. The van der Waals surface area contributed by atoms with Crippen molar-refractivity contribution in [2.45, 2.75) is 57.7 Å². The molecule has 3 aromatic rings. The van der Waals surface area contributed by atoms with Gasteiger partial charge in [0.15, 0.2) is 0 Å². The zero-order valence-electron chi connectivity index (χ0n) is 15.5. The van der Waals surface area contributed by atoms with Crippen LogP contribution in [0.5, 0.6) is 0 Å². The molecule has 0 bridgehead atoms. The minimum atomic E-state index is -4.59. The van der Waals surface area contributed by atoms with Gasteiger partial charge in [-0.2, -0.15) is 9.78 Å². The summed E-state index contributed by atoms with van der Waals surface area (Å²) in [6.45, 7) is 1.54. The molecule has 28 heavy (non-hydrogen) atoms. The summed E-state index contributed by atoms with van der Waals surface area (Å²) >= 11 is 0. The Kier molecular flexibility index (Phi) is 4.95. The highest BCUT2D eigenvalue weighted by Gasteiger charge is 2.35. The Balaban J connectivity index is 1.64. The van der Waals surface area contributed by atoms with Crippen LogP contribution in [0.2, 0.25) is 0 Å². The number of aromatic nitrogens is 4. The predicted molar refractivity (Wildman–Crippen MR) is 96.6 cm³/mol. The van der Waals surface area contributed by atoms with Crippen molar-refractivity contribution in [2.75, 3.05) is 0 Å². The molecule has 0 N–H and O–H groups in total. The predicted octanol–water partition coefficient (Wildman–Crippen LogP) is 5.36. The Morgan fingerprint density at radius 2 is 1.86 bits per heavy atom. The van der Waals surface area contributed by atoms with E-state index in [9.17, 15) is 13.2 Å². The maximum absolute atomic E-state index is 13.4. The first-order valence-electron chi connectivity index (χ1n) is 9.46. The van der Waals surface area contributed by atoms with Crippen LogP contribution >= 0.6 is 0 Å². The van der Waals surface area contributed by atoms with E-state index in [0.29, 0.717) is 34.5 Å². The number of halogens is 3. The molecule has 0 atom stereocenters. The van der Waals surface area contributed by atoms with Gasteiger partial charge in [0.25, 0.3) is 0 Å². The number of aryl methyl sites for hydroxylation is 1. The normalized spacial score (nSPS) is 15.9. The number of rotatable bonds is 4. The largest absolute Gasteiger partial charge is 0.505 e. The Morgan fingerprint density at radius 3 is 2.61 bits per heavy atom. The van der Waals surface area contributed by atoms with Crippen LogP contribution in [-0.4, -0.2) is 20.0 Å². The molecule has 2 aromatic heterocycles. The van der Waals surface area contributed by atoms with E-state index in [1.54, 1.807) is 31.2 Å². The van der Waals surface area contributed by atoms with Gasteiger partial charge < -0.3 is 4.42 Å². The summed E-state index contributed by atoms with van der Waals surface area (Å²) in [4.78, 5) is 0. The lowest BCUT2D eigenvalue weighted by atomic mass is 9.89. The van der Waals surface area contributed by atoms with Crippen LogP contribution in [-0.2, 0) is 12.7 Å². The molecule has 148 valence electrons. The van der Waals surface area contributed by atoms with Crippen LogP contribution in [0.15, 0.2) is 34.7 Å². The van der Waals surface area contributed by atoms with E-state index in [1.807, 2.05) is 0 Å². The highest BCUT2D eigenvalue weighted by Crippen LogP contribution is 2.34. The number of nitrogens with zero attached hydrogens (tertiary/aromatic N) is 4. The highest BCUT2D eigenvalue weighted by molar-refractivity contribution is 5.65. The van der Waals surface area contributed by atoms with E-state index in [-0.39, 0.29) is 16.8 Å². The molecular formula is C20H21F3N4O. The zero-order valence-corrected chi connectivity index (χ0v) is 15.5. The summed E-state index contributed by atoms with van der Waals surface area (Å²) in [5.41, 5.74) is 1.46. The maximum atomic E-state index is 13.4. The standard InChI is InChI=1S/C20H21F3N4O/c1-13-11-17(27(26-13)20(21,22)23)16-10-6-5-9-15(16)12-18-24-25-19(28-18)14-7-3-2-4-8-14/h5-6,9-11,14H,2-4,7-8,12H2,1H3. The fourth-order valence-electron chi connectivity index (χ4n) is 3.82. The third-order valence-corrected chi connectivity index (χ3v) is 5.14. The smallest absolute Gasteiger partial charge is 0.425 e.